The first-order valence-electron chi connectivity index (χ1n) is 8.23. The normalized spacial score (nSPS) is 16.4. The molecule has 0 bridgehead atoms. The Morgan fingerprint density at radius 1 is 1.31 bits per heavy atom. The monoisotopic (exact) mass is 354 g/mol. The van der Waals surface area contributed by atoms with Gasteiger partial charge in [0.15, 0.2) is 6.39 Å². The molecule has 3 aromatic rings. The fourth-order valence-electron chi connectivity index (χ4n) is 3.08. The summed E-state index contributed by atoms with van der Waals surface area (Å²) >= 11 is 0. The first kappa shape index (κ1) is 16.2. The van der Waals surface area contributed by atoms with Crippen LogP contribution in [0, 0.1) is 6.92 Å². The van der Waals surface area contributed by atoms with E-state index in [-0.39, 0.29) is 30.3 Å². The van der Waals surface area contributed by atoms with E-state index in [1.807, 2.05) is 11.6 Å². The number of amides is 1. The molecular formula is C17H18N6O3. The summed E-state index contributed by atoms with van der Waals surface area (Å²) in [5.41, 5.74) is 2.53. The van der Waals surface area contributed by atoms with Gasteiger partial charge in [-0.05, 0) is 13.0 Å². The van der Waals surface area contributed by atoms with Gasteiger partial charge in [-0.2, -0.15) is 0 Å². The summed E-state index contributed by atoms with van der Waals surface area (Å²) in [6.45, 7) is 2.41. The number of aryl methyl sites for hydroxylation is 2. The number of hydrogen-bond acceptors (Lipinski definition) is 7. The van der Waals surface area contributed by atoms with E-state index in [0.29, 0.717) is 18.7 Å². The zero-order chi connectivity index (χ0) is 18.1. The number of carbonyl (C=O) groups is 1. The van der Waals surface area contributed by atoms with Gasteiger partial charge < -0.3 is 18.6 Å². The largest absolute Gasteiger partial charge is 0.461 e. The fourth-order valence-corrected chi connectivity index (χ4v) is 3.08. The van der Waals surface area contributed by atoms with Gasteiger partial charge in [-0.1, -0.05) is 0 Å². The molecule has 1 atom stereocenters. The van der Waals surface area contributed by atoms with Crippen molar-refractivity contribution in [3.63, 3.8) is 0 Å². The van der Waals surface area contributed by atoms with Gasteiger partial charge in [-0.3, -0.25) is 4.79 Å². The standard InChI is InChI=1S/C17H18N6O3/c1-11-15(26-10-21-11)16(24)23-7-13-14(22(2)9-20-13)6-12(23)8-25-17-18-4-3-5-19-17/h3-5,9-10,12H,6-8H2,1-2H3/t12-/m1/s1. The maximum atomic E-state index is 13.0. The average Bonchev–Trinajstić information content (AvgIpc) is 3.25. The Hall–Kier alpha value is -3.23. The average molecular weight is 354 g/mol. The first-order chi connectivity index (χ1) is 12.6. The van der Waals surface area contributed by atoms with Crippen LogP contribution in [0.4, 0.5) is 0 Å². The molecule has 1 amide bonds. The highest BCUT2D eigenvalue weighted by atomic mass is 16.5. The van der Waals surface area contributed by atoms with Crippen molar-refractivity contribution < 1.29 is 13.9 Å². The Kier molecular flexibility index (Phi) is 4.11. The van der Waals surface area contributed by atoms with Crippen LogP contribution in [0.15, 0.2) is 35.6 Å². The van der Waals surface area contributed by atoms with Crippen LogP contribution in [0.1, 0.15) is 27.6 Å². The number of aromatic nitrogens is 5. The summed E-state index contributed by atoms with van der Waals surface area (Å²) in [5.74, 6) is 0.0178. The van der Waals surface area contributed by atoms with Gasteiger partial charge in [0.25, 0.3) is 5.91 Å². The molecule has 4 rings (SSSR count). The number of oxazole rings is 1. The number of rotatable bonds is 4. The fraction of sp³-hybridized carbons (Fsp3) is 0.353. The van der Waals surface area contributed by atoms with E-state index in [4.69, 9.17) is 9.15 Å². The van der Waals surface area contributed by atoms with Crippen LogP contribution >= 0.6 is 0 Å². The number of imidazole rings is 1. The molecule has 134 valence electrons. The number of hydrogen-bond donors (Lipinski definition) is 0. The van der Waals surface area contributed by atoms with Gasteiger partial charge >= 0.3 is 6.01 Å². The smallest absolute Gasteiger partial charge is 0.316 e. The highest BCUT2D eigenvalue weighted by Crippen LogP contribution is 2.25. The van der Waals surface area contributed by atoms with Crippen molar-refractivity contribution in [1.29, 1.82) is 0 Å². The molecule has 1 aliphatic rings. The van der Waals surface area contributed by atoms with Gasteiger partial charge in [0.1, 0.15) is 6.61 Å². The molecule has 0 spiro atoms. The van der Waals surface area contributed by atoms with Crippen molar-refractivity contribution in [2.75, 3.05) is 6.61 Å². The van der Waals surface area contributed by atoms with Gasteiger partial charge in [-0.15, -0.1) is 0 Å². The molecule has 3 aromatic heterocycles. The molecule has 0 saturated carbocycles. The minimum Gasteiger partial charge on any atom is -0.461 e. The summed E-state index contributed by atoms with van der Waals surface area (Å²) in [4.78, 5) is 31.3. The lowest BCUT2D eigenvalue weighted by atomic mass is 10.0. The lowest BCUT2D eigenvalue weighted by Gasteiger charge is -2.34. The van der Waals surface area contributed by atoms with Crippen molar-refractivity contribution in [2.45, 2.75) is 25.9 Å². The lowest BCUT2D eigenvalue weighted by molar-refractivity contribution is 0.0518. The van der Waals surface area contributed by atoms with E-state index in [9.17, 15) is 4.79 Å². The van der Waals surface area contributed by atoms with E-state index in [1.165, 1.54) is 6.39 Å². The molecule has 9 heteroatoms. The molecule has 26 heavy (non-hydrogen) atoms. The van der Waals surface area contributed by atoms with E-state index in [1.54, 1.807) is 36.6 Å². The van der Waals surface area contributed by atoms with Crippen LogP contribution in [0.3, 0.4) is 0 Å². The predicted octanol–water partition coefficient (Wildman–Crippen LogP) is 1.15. The van der Waals surface area contributed by atoms with Gasteiger partial charge in [-0.25, -0.2) is 19.9 Å². The first-order valence-corrected chi connectivity index (χ1v) is 8.23. The molecule has 9 nitrogen and oxygen atoms in total. The summed E-state index contributed by atoms with van der Waals surface area (Å²) < 4.78 is 13.0. The van der Waals surface area contributed by atoms with Crippen molar-refractivity contribution >= 4 is 5.91 Å². The molecule has 0 radical (unpaired) electrons. The van der Waals surface area contributed by atoms with Crippen LogP contribution in [-0.4, -0.2) is 48.0 Å². The van der Waals surface area contributed by atoms with Crippen LogP contribution in [0.25, 0.3) is 0 Å². The third-order valence-corrected chi connectivity index (χ3v) is 4.48. The van der Waals surface area contributed by atoms with Crippen LogP contribution in [0.5, 0.6) is 6.01 Å². The van der Waals surface area contributed by atoms with Crippen molar-refractivity contribution in [2.24, 2.45) is 7.05 Å². The zero-order valence-corrected chi connectivity index (χ0v) is 14.5. The van der Waals surface area contributed by atoms with E-state index in [2.05, 4.69) is 19.9 Å². The van der Waals surface area contributed by atoms with Crippen LogP contribution < -0.4 is 4.74 Å². The van der Waals surface area contributed by atoms with Crippen molar-refractivity contribution in [3.8, 4) is 6.01 Å². The summed E-state index contributed by atoms with van der Waals surface area (Å²) in [6.07, 6.45) is 6.89. The highest BCUT2D eigenvalue weighted by Gasteiger charge is 2.35. The number of ether oxygens (including phenoxy) is 1. The van der Waals surface area contributed by atoms with E-state index in [0.717, 1.165) is 11.4 Å². The summed E-state index contributed by atoms with van der Waals surface area (Å²) in [7, 11) is 1.95. The third kappa shape index (κ3) is 2.92. The minimum atomic E-state index is -0.223. The van der Waals surface area contributed by atoms with Crippen LogP contribution in [0.2, 0.25) is 0 Å². The maximum Gasteiger partial charge on any atom is 0.316 e. The highest BCUT2D eigenvalue weighted by molar-refractivity contribution is 5.92. The Labute approximate surface area is 149 Å². The summed E-state index contributed by atoms with van der Waals surface area (Å²) in [5, 5.41) is 0. The second-order valence-corrected chi connectivity index (χ2v) is 6.15. The Bertz CT molecular complexity index is 920. The number of nitrogens with zero attached hydrogens (tertiary/aromatic N) is 6. The molecule has 4 heterocycles. The molecule has 0 saturated heterocycles. The molecule has 0 aromatic carbocycles. The van der Waals surface area contributed by atoms with Crippen molar-refractivity contribution in [3.05, 3.63) is 54.0 Å². The Morgan fingerprint density at radius 2 is 2.12 bits per heavy atom. The SMILES string of the molecule is Cc1ncoc1C(=O)N1Cc2ncn(C)c2C[C@@H]1COc1ncccn1. The van der Waals surface area contributed by atoms with Gasteiger partial charge in [0.05, 0.1) is 30.3 Å². The topological polar surface area (TPSA) is 99.2 Å². The predicted molar refractivity (Wildman–Crippen MR) is 89.3 cm³/mol. The minimum absolute atomic E-state index is 0.196. The lowest BCUT2D eigenvalue weighted by Crippen LogP contribution is -2.48. The molecule has 0 aliphatic carbocycles. The van der Waals surface area contributed by atoms with Crippen LogP contribution in [-0.2, 0) is 20.0 Å². The summed E-state index contributed by atoms with van der Waals surface area (Å²) in [6, 6.07) is 1.81. The molecule has 0 N–H and O–H groups in total. The quantitative estimate of drug-likeness (QED) is 0.693. The molecular weight excluding hydrogens is 336 g/mol. The second-order valence-electron chi connectivity index (χ2n) is 6.15. The maximum absolute atomic E-state index is 13.0. The third-order valence-electron chi connectivity index (χ3n) is 4.48. The van der Waals surface area contributed by atoms with Gasteiger partial charge in [0, 0.05) is 31.6 Å². The van der Waals surface area contributed by atoms with E-state index < -0.39 is 0 Å². The molecule has 0 fully saturated rings. The molecule has 1 aliphatic heterocycles. The number of carbonyl (C=O) groups excluding carboxylic acids is 1. The van der Waals surface area contributed by atoms with E-state index >= 15 is 0 Å². The molecule has 0 unspecified atom stereocenters. The Morgan fingerprint density at radius 3 is 2.85 bits per heavy atom. The second kappa shape index (κ2) is 6.58. The Balaban J connectivity index is 1.60. The zero-order valence-electron chi connectivity index (χ0n) is 14.5. The van der Waals surface area contributed by atoms with Crippen molar-refractivity contribution in [1.82, 2.24) is 29.4 Å². The van der Waals surface area contributed by atoms with Gasteiger partial charge in [0.2, 0.25) is 5.76 Å². The number of fused-ring (bicyclic) bond motifs is 1.